The van der Waals surface area contributed by atoms with Crippen LogP contribution in [-0.4, -0.2) is 12.3 Å². The Bertz CT molecular complexity index is 393. The van der Waals surface area contributed by atoms with Crippen LogP contribution in [0.2, 0.25) is 10.0 Å². The van der Waals surface area contributed by atoms with Gasteiger partial charge in [-0.15, -0.1) is 0 Å². The van der Waals surface area contributed by atoms with Gasteiger partial charge in [0.2, 0.25) is 0 Å². The van der Waals surface area contributed by atoms with E-state index in [0.717, 1.165) is 18.4 Å². The highest BCUT2D eigenvalue weighted by atomic mass is 35.5. The second-order valence-corrected chi connectivity index (χ2v) is 5.05. The highest BCUT2D eigenvalue weighted by molar-refractivity contribution is 6.33. The lowest BCUT2D eigenvalue weighted by atomic mass is 9.95. The van der Waals surface area contributed by atoms with Gasteiger partial charge in [0.25, 0.3) is 0 Å². The first-order valence-electron chi connectivity index (χ1n) is 5.71. The van der Waals surface area contributed by atoms with Gasteiger partial charge in [0.1, 0.15) is 5.78 Å². The van der Waals surface area contributed by atoms with Crippen LogP contribution in [0.4, 0.5) is 0 Å². The monoisotopic (exact) mass is 273 g/mol. The van der Waals surface area contributed by atoms with Crippen LogP contribution in [0, 0.1) is 5.92 Å². The van der Waals surface area contributed by atoms with Gasteiger partial charge in [-0.05, 0) is 43.1 Å². The molecule has 0 saturated carbocycles. The van der Waals surface area contributed by atoms with E-state index in [1.165, 1.54) is 0 Å². The smallest absolute Gasteiger partial charge is 0.140 e. The molecule has 17 heavy (non-hydrogen) atoms. The molecule has 0 aromatic heterocycles. The summed E-state index contributed by atoms with van der Waals surface area (Å²) in [5.41, 5.74) is 6.22. The first-order valence-corrected chi connectivity index (χ1v) is 6.47. The molecule has 4 heteroatoms. The van der Waals surface area contributed by atoms with Crippen LogP contribution < -0.4 is 5.73 Å². The number of nitrogens with two attached hydrogens (primary N) is 1. The summed E-state index contributed by atoms with van der Waals surface area (Å²) in [6, 6.07) is 5.18. The molecule has 0 aliphatic heterocycles. The maximum Gasteiger partial charge on any atom is 0.140 e. The van der Waals surface area contributed by atoms with E-state index in [1.54, 1.807) is 18.2 Å². The van der Waals surface area contributed by atoms with E-state index in [0.29, 0.717) is 23.0 Å². The van der Waals surface area contributed by atoms with E-state index in [2.05, 4.69) is 0 Å². The standard InChI is InChI=1S/C13H17Cl2NO/c1-9(3-2-6-16)13(17)8-10-7-11(14)4-5-12(10)15/h4-5,7,9H,2-3,6,8,16H2,1H3. The number of halogens is 2. The third kappa shape index (κ3) is 4.66. The first kappa shape index (κ1) is 14.5. The Morgan fingerprint density at radius 2 is 2.12 bits per heavy atom. The molecule has 0 saturated heterocycles. The summed E-state index contributed by atoms with van der Waals surface area (Å²) in [4.78, 5) is 11.9. The van der Waals surface area contributed by atoms with Gasteiger partial charge >= 0.3 is 0 Å². The van der Waals surface area contributed by atoms with Crippen LogP contribution in [0.1, 0.15) is 25.3 Å². The largest absolute Gasteiger partial charge is 0.330 e. The molecule has 0 amide bonds. The van der Waals surface area contributed by atoms with Gasteiger partial charge in [-0.2, -0.15) is 0 Å². The summed E-state index contributed by atoms with van der Waals surface area (Å²) in [5, 5.41) is 1.19. The number of carbonyl (C=O) groups is 1. The lowest BCUT2D eigenvalue weighted by molar-refractivity contribution is -0.121. The second-order valence-electron chi connectivity index (χ2n) is 4.21. The predicted octanol–water partition coefficient (Wildman–Crippen LogP) is 3.48. The van der Waals surface area contributed by atoms with E-state index < -0.39 is 0 Å². The minimum atomic E-state index is 0.0219. The summed E-state index contributed by atoms with van der Waals surface area (Å²) in [6.07, 6.45) is 2.04. The maximum atomic E-state index is 11.9. The molecule has 0 bridgehead atoms. The molecule has 1 aromatic carbocycles. The van der Waals surface area contributed by atoms with E-state index in [1.807, 2.05) is 6.92 Å². The zero-order chi connectivity index (χ0) is 12.8. The van der Waals surface area contributed by atoms with Gasteiger partial charge in [0.15, 0.2) is 0 Å². The topological polar surface area (TPSA) is 43.1 Å². The second kappa shape index (κ2) is 7.00. The van der Waals surface area contributed by atoms with Crippen molar-refractivity contribution in [3.05, 3.63) is 33.8 Å². The number of ketones is 1. The molecule has 1 unspecified atom stereocenters. The molecule has 0 fully saturated rings. The molecule has 1 rings (SSSR count). The molecule has 0 spiro atoms. The summed E-state index contributed by atoms with van der Waals surface area (Å²) >= 11 is 11.9. The minimum absolute atomic E-state index is 0.0219. The molecule has 94 valence electrons. The van der Waals surface area contributed by atoms with Gasteiger partial charge in [-0.25, -0.2) is 0 Å². The zero-order valence-electron chi connectivity index (χ0n) is 9.88. The molecule has 1 atom stereocenters. The number of hydrogen-bond acceptors (Lipinski definition) is 2. The van der Waals surface area contributed by atoms with Crippen molar-refractivity contribution >= 4 is 29.0 Å². The maximum absolute atomic E-state index is 11.9. The lowest BCUT2D eigenvalue weighted by Crippen LogP contribution is -2.15. The third-order valence-electron chi connectivity index (χ3n) is 2.76. The molecule has 0 aliphatic carbocycles. The highest BCUT2D eigenvalue weighted by Gasteiger charge is 2.14. The molecular weight excluding hydrogens is 257 g/mol. The van der Waals surface area contributed by atoms with Crippen LogP contribution in [0.3, 0.4) is 0 Å². The van der Waals surface area contributed by atoms with Crippen molar-refractivity contribution in [1.29, 1.82) is 0 Å². The van der Waals surface area contributed by atoms with Crippen LogP contribution in [0.15, 0.2) is 18.2 Å². The lowest BCUT2D eigenvalue weighted by Gasteiger charge is -2.10. The van der Waals surface area contributed by atoms with Gasteiger partial charge in [0.05, 0.1) is 0 Å². The Hall–Kier alpha value is -0.570. The Morgan fingerprint density at radius 1 is 1.41 bits per heavy atom. The molecule has 2 N–H and O–H groups in total. The Balaban J connectivity index is 2.64. The predicted molar refractivity (Wildman–Crippen MR) is 72.6 cm³/mol. The molecule has 2 nitrogen and oxygen atoms in total. The molecule has 0 heterocycles. The van der Waals surface area contributed by atoms with Crippen molar-refractivity contribution in [2.75, 3.05) is 6.54 Å². The van der Waals surface area contributed by atoms with Gasteiger partial charge in [-0.1, -0.05) is 30.1 Å². The molecule has 0 aliphatic rings. The van der Waals surface area contributed by atoms with Crippen molar-refractivity contribution in [2.24, 2.45) is 11.7 Å². The average molecular weight is 274 g/mol. The fraction of sp³-hybridized carbons (Fsp3) is 0.462. The normalized spacial score (nSPS) is 12.5. The van der Waals surface area contributed by atoms with Gasteiger partial charge in [-0.3, -0.25) is 4.79 Å². The van der Waals surface area contributed by atoms with Crippen LogP contribution >= 0.6 is 23.2 Å². The summed E-state index contributed by atoms with van der Waals surface area (Å²) in [7, 11) is 0. The van der Waals surface area contributed by atoms with Crippen LogP contribution in [0.25, 0.3) is 0 Å². The van der Waals surface area contributed by atoms with Crippen LogP contribution in [0.5, 0.6) is 0 Å². The first-order chi connectivity index (χ1) is 8.04. The van der Waals surface area contributed by atoms with E-state index in [4.69, 9.17) is 28.9 Å². The minimum Gasteiger partial charge on any atom is -0.330 e. The van der Waals surface area contributed by atoms with E-state index in [9.17, 15) is 4.79 Å². The fourth-order valence-electron chi connectivity index (χ4n) is 1.63. The van der Waals surface area contributed by atoms with Gasteiger partial charge in [0, 0.05) is 22.4 Å². The number of benzene rings is 1. The Labute approximate surface area is 112 Å². The van der Waals surface area contributed by atoms with Crippen molar-refractivity contribution in [3.63, 3.8) is 0 Å². The molecular formula is C13H17Cl2NO. The van der Waals surface area contributed by atoms with Crippen molar-refractivity contribution < 1.29 is 4.79 Å². The summed E-state index contributed by atoms with van der Waals surface area (Å²) in [6.45, 7) is 2.55. The number of rotatable bonds is 6. The summed E-state index contributed by atoms with van der Waals surface area (Å²) in [5.74, 6) is 0.205. The zero-order valence-corrected chi connectivity index (χ0v) is 11.4. The third-order valence-corrected chi connectivity index (χ3v) is 3.37. The van der Waals surface area contributed by atoms with Crippen molar-refractivity contribution in [3.8, 4) is 0 Å². The Kier molecular flexibility index (Phi) is 5.96. The fourth-order valence-corrected chi connectivity index (χ4v) is 2.00. The van der Waals surface area contributed by atoms with E-state index >= 15 is 0 Å². The SMILES string of the molecule is CC(CCCN)C(=O)Cc1cc(Cl)ccc1Cl. The molecule has 1 aromatic rings. The van der Waals surface area contributed by atoms with Crippen molar-refractivity contribution in [1.82, 2.24) is 0 Å². The number of hydrogen-bond donors (Lipinski definition) is 1. The summed E-state index contributed by atoms with van der Waals surface area (Å²) < 4.78 is 0. The number of Topliss-reactive ketones (excluding diaryl/α,β-unsaturated/α-hetero) is 1. The quantitative estimate of drug-likeness (QED) is 0.863. The average Bonchev–Trinajstić information content (AvgIpc) is 2.30. The highest BCUT2D eigenvalue weighted by Crippen LogP contribution is 2.22. The van der Waals surface area contributed by atoms with Gasteiger partial charge < -0.3 is 5.73 Å². The molecule has 0 radical (unpaired) electrons. The Morgan fingerprint density at radius 3 is 2.76 bits per heavy atom. The van der Waals surface area contributed by atoms with Crippen molar-refractivity contribution in [2.45, 2.75) is 26.2 Å². The van der Waals surface area contributed by atoms with Crippen LogP contribution in [-0.2, 0) is 11.2 Å². The van der Waals surface area contributed by atoms with E-state index in [-0.39, 0.29) is 11.7 Å². The number of carbonyl (C=O) groups excluding carboxylic acids is 1.